The second-order valence-corrected chi connectivity index (χ2v) is 4.98. The number of hydrogen-bond donors (Lipinski definition) is 2. The molecule has 1 fully saturated rings. The summed E-state index contributed by atoms with van der Waals surface area (Å²) >= 11 is 0. The Hall–Kier alpha value is -1.62. The van der Waals surface area contributed by atoms with Crippen LogP contribution in [0.25, 0.3) is 0 Å². The van der Waals surface area contributed by atoms with Gasteiger partial charge in [0.15, 0.2) is 0 Å². The number of nitrogens with two attached hydrogens (primary N) is 1. The molecule has 0 aromatic carbocycles. The van der Waals surface area contributed by atoms with Crippen molar-refractivity contribution in [3.8, 4) is 5.88 Å². The van der Waals surface area contributed by atoms with Crippen LogP contribution in [0.15, 0.2) is 12.1 Å². The van der Waals surface area contributed by atoms with Gasteiger partial charge < -0.3 is 15.8 Å². The summed E-state index contributed by atoms with van der Waals surface area (Å²) < 4.78 is 5.62. The van der Waals surface area contributed by atoms with Crippen molar-refractivity contribution in [1.82, 2.24) is 10.3 Å². The third-order valence-corrected chi connectivity index (χ3v) is 3.34. The topological polar surface area (TPSA) is 77.2 Å². The molecule has 0 radical (unpaired) electrons. The first-order chi connectivity index (χ1) is 9.15. The van der Waals surface area contributed by atoms with Gasteiger partial charge in [0.1, 0.15) is 0 Å². The molecule has 0 bridgehead atoms. The Morgan fingerprint density at radius 2 is 2.37 bits per heavy atom. The molecule has 1 unspecified atom stereocenters. The van der Waals surface area contributed by atoms with Gasteiger partial charge in [-0.3, -0.25) is 4.79 Å². The van der Waals surface area contributed by atoms with Crippen LogP contribution in [0.4, 0.5) is 0 Å². The number of aryl methyl sites for hydroxylation is 1. The minimum absolute atomic E-state index is 0.443. The number of amides is 1. The molecular formula is C14H21N3O2. The molecule has 19 heavy (non-hydrogen) atoms. The Balaban J connectivity index is 1.86. The van der Waals surface area contributed by atoms with Crippen LogP contribution in [-0.4, -0.2) is 30.1 Å². The molecule has 5 heteroatoms. The number of primary amides is 1. The van der Waals surface area contributed by atoms with Gasteiger partial charge in [-0.2, -0.15) is 0 Å². The molecular weight excluding hydrogens is 242 g/mol. The fourth-order valence-electron chi connectivity index (χ4n) is 2.33. The quantitative estimate of drug-likeness (QED) is 0.841. The Bertz CT molecular complexity index is 442. The fourth-order valence-corrected chi connectivity index (χ4v) is 2.33. The molecule has 0 spiro atoms. The number of nitrogens with one attached hydrogen (secondary N) is 1. The lowest BCUT2D eigenvalue weighted by Crippen LogP contribution is -2.35. The second kappa shape index (κ2) is 6.52. The average Bonchev–Trinajstić information content (AvgIpc) is 2.39. The number of piperidine rings is 1. The SMILES string of the molecule is Cc1cc(C(N)=O)cc(OCCC2CCCCN2)n1. The largest absolute Gasteiger partial charge is 0.478 e. The van der Waals surface area contributed by atoms with E-state index >= 15 is 0 Å². The first-order valence-corrected chi connectivity index (χ1v) is 6.80. The summed E-state index contributed by atoms with van der Waals surface area (Å²) in [5, 5.41) is 3.47. The number of ether oxygens (including phenoxy) is 1. The summed E-state index contributed by atoms with van der Waals surface area (Å²) in [5.41, 5.74) is 6.45. The maximum absolute atomic E-state index is 11.2. The van der Waals surface area contributed by atoms with Crippen LogP contribution in [0, 0.1) is 6.92 Å². The van der Waals surface area contributed by atoms with Crippen molar-refractivity contribution in [3.05, 3.63) is 23.4 Å². The van der Waals surface area contributed by atoms with E-state index in [1.807, 2.05) is 6.92 Å². The lowest BCUT2D eigenvalue weighted by molar-refractivity contribution is 0.0999. The molecule has 5 nitrogen and oxygen atoms in total. The first-order valence-electron chi connectivity index (χ1n) is 6.80. The third-order valence-electron chi connectivity index (χ3n) is 3.34. The van der Waals surface area contributed by atoms with Gasteiger partial charge in [-0.25, -0.2) is 4.98 Å². The highest BCUT2D eigenvalue weighted by Crippen LogP contribution is 2.14. The maximum atomic E-state index is 11.2. The number of nitrogens with zero attached hydrogens (tertiary/aromatic N) is 1. The van der Waals surface area contributed by atoms with Crippen molar-refractivity contribution >= 4 is 5.91 Å². The van der Waals surface area contributed by atoms with Gasteiger partial charge in [0, 0.05) is 23.4 Å². The summed E-state index contributed by atoms with van der Waals surface area (Å²) in [6.07, 6.45) is 4.71. The molecule has 104 valence electrons. The van der Waals surface area contributed by atoms with Crippen molar-refractivity contribution in [2.45, 2.75) is 38.6 Å². The molecule has 1 amide bonds. The summed E-state index contributed by atoms with van der Waals surface area (Å²) in [6, 6.07) is 3.80. The van der Waals surface area contributed by atoms with Crippen molar-refractivity contribution < 1.29 is 9.53 Å². The lowest BCUT2D eigenvalue weighted by Gasteiger charge is -2.23. The summed E-state index contributed by atoms with van der Waals surface area (Å²) in [4.78, 5) is 15.4. The molecule has 1 aliphatic heterocycles. The van der Waals surface area contributed by atoms with E-state index in [4.69, 9.17) is 10.5 Å². The van der Waals surface area contributed by atoms with Crippen molar-refractivity contribution in [2.24, 2.45) is 5.73 Å². The zero-order chi connectivity index (χ0) is 13.7. The number of hydrogen-bond acceptors (Lipinski definition) is 4. The Kier molecular flexibility index (Phi) is 4.74. The van der Waals surface area contributed by atoms with Crippen molar-refractivity contribution in [1.29, 1.82) is 0 Å². The molecule has 1 saturated heterocycles. The van der Waals surface area contributed by atoms with Crippen LogP contribution in [0.2, 0.25) is 0 Å². The molecule has 0 saturated carbocycles. The van der Waals surface area contributed by atoms with Crippen molar-refractivity contribution in [3.63, 3.8) is 0 Å². The van der Waals surface area contributed by atoms with Crippen LogP contribution < -0.4 is 15.8 Å². The van der Waals surface area contributed by atoms with E-state index in [9.17, 15) is 4.79 Å². The number of carbonyl (C=O) groups is 1. The minimum Gasteiger partial charge on any atom is -0.478 e. The van der Waals surface area contributed by atoms with E-state index < -0.39 is 5.91 Å². The predicted molar refractivity (Wildman–Crippen MR) is 73.2 cm³/mol. The molecule has 1 aromatic heterocycles. The fraction of sp³-hybridized carbons (Fsp3) is 0.571. The lowest BCUT2D eigenvalue weighted by atomic mass is 10.0. The molecule has 0 aliphatic carbocycles. The first kappa shape index (κ1) is 13.8. The van der Waals surface area contributed by atoms with E-state index in [1.54, 1.807) is 12.1 Å². The van der Waals surface area contributed by atoms with Gasteiger partial charge in [0.05, 0.1) is 6.61 Å². The highest BCUT2D eigenvalue weighted by molar-refractivity contribution is 5.93. The summed E-state index contributed by atoms with van der Waals surface area (Å²) in [5.74, 6) is 0.0221. The van der Waals surface area contributed by atoms with Crippen LogP contribution in [-0.2, 0) is 0 Å². The van der Waals surface area contributed by atoms with Gasteiger partial charge in [-0.1, -0.05) is 6.42 Å². The van der Waals surface area contributed by atoms with Gasteiger partial charge in [-0.05, 0) is 38.8 Å². The van der Waals surface area contributed by atoms with E-state index in [0.717, 1.165) is 18.7 Å². The standard InChI is InChI=1S/C14H21N3O2/c1-10-8-11(14(15)18)9-13(17-10)19-7-5-12-4-2-3-6-16-12/h8-9,12,16H,2-7H2,1H3,(H2,15,18). The maximum Gasteiger partial charge on any atom is 0.248 e. The van der Waals surface area contributed by atoms with Crippen molar-refractivity contribution in [2.75, 3.05) is 13.2 Å². The zero-order valence-electron chi connectivity index (χ0n) is 11.3. The van der Waals surface area contributed by atoms with E-state index in [2.05, 4.69) is 10.3 Å². The normalized spacial score (nSPS) is 19.1. The second-order valence-electron chi connectivity index (χ2n) is 4.98. The average molecular weight is 263 g/mol. The van der Waals surface area contributed by atoms with Gasteiger partial charge in [-0.15, -0.1) is 0 Å². The van der Waals surface area contributed by atoms with Crippen LogP contribution in [0.1, 0.15) is 41.7 Å². The minimum atomic E-state index is -0.454. The monoisotopic (exact) mass is 263 g/mol. The number of carbonyl (C=O) groups excluding carboxylic acids is 1. The van der Waals surface area contributed by atoms with E-state index in [1.165, 1.54) is 19.3 Å². The highest BCUT2D eigenvalue weighted by Gasteiger charge is 2.12. The molecule has 1 aromatic rings. The van der Waals surface area contributed by atoms with E-state index in [-0.39, 0.29) is 0 Å². The summed E-state index contributed by atoms with van der Waals surface area (Å²) in [7, 11) is 0. The van der Waals surface area contributed by atoms with Gasteiger partial charge in [0.2, 0.25) is 11.8 Å². The molecule has 3 N–H and O–H groups in total. The predicted octanol–water partition coefficient (Wildman–Crippen LogP) is 1.40. The number of rotatable bonds is 5. The Morgan fingerprint density at radius 1 is 1.53 bits per heavy atom. The molecule has 2 rings (SSSR count). The molecule has 1 aliphatic rings. The van der Waals surface area contributed by atoms with Gasteiger partial charge in [0.25, 0.3) is 0 Å². The zero-order valence-corrected chi connectivity index (χ0v) is 11.3. The van der Waals surface area contributed by atoms with Crippen LogP contribution in [0.3, 0.4) is 0 Å². The number of pyridine rings is 1. The smallest absolute Gasteiger partial charge is 0.248 e. The molecule has 1 atom stereocenters. The highest BCUT2D eigenvalue weighted by atomic mass is 16.5. The van der Waals surface area contributed by atoms with Crippen LogP contribution >= 0.6 is 0 Å². The van der Waals surface area contributed by atoms with Gasteiger partial charge >= 0.3 is 0 Å². The summed E-state index contributed by atoms with van der Waals surface area (Å²) in [6.45, 7) is 3.52. The number of aromatic nitrogens is 1. The van der Waals surface area contributed by atoms with E-state index in [0.29, 0.717) is 24.1 Å². The molecule has 2 heterocycles. The Morgan fingerprint density at radius 3 is 3.05 bits per heavy atom. The Labute approximate surface area is 113 Å². The third kappa shape index (κ3) is 4.21. The van der Waals surface area contributed by atoms with Crippen LogP contribution in [0.5, 0.6) is 5.88 Å².